The third kappa shape index (κ3) is 3.89. The average Bonchev–Trinajstić information content (AvgIpc) is 3.17. The molecule has 1 aromatic carbocycles. The van der Waals surface area contributed by atoms with Gasteiger partial charge < -0.3 is 9.82 Å². The summed E-state index contributed by atoms with van der Waals surface area (Å²) in [6, 6.07) is 5.96. The van der Waals surface area contributed by atoms with E-state index in [1.807, 2.05) is 23.3 Å². The number of nitrogens with one attached hydrogen (secondary N) is 1. The molecule has 0 saturated carbocycles. The van der Waals surface area contributed by atoms with Crippen molar-refractivity contribution in [3.8, 4) is 0 Å². The van der Waals surface area contributed by atoms with Gasteiger partial charge in [-0.05, 0) is 49.3 Å². The SMILES string of the molecule is CCN(CC)CC1=CCN(CCc2c[nH]c3ccc(Cl)cc23)O1. The highest BCUT2D eigenvalue weighted by Crippen LogP contribution is 2.23. The number of rotatable bonds is 7. The Balaban J connectivity index is 1.54. The van der Waals surface area contributed by atoms with Crippen molar-refractivity contribution < 1.29 is 4.84 Å². The summed E-state index contributed by atoms with van der Waals surface area (Å²) in [7, 11) is 0. The van der Waals surface area contributed by atoms with Crippen LogP contribution in [-0.2, 0) is 11.3 Å². The normalized spacial score (nSPS) is 15.4. The second-order valence-electron chi connectivity index (χ2n) is 5.86. The zero-order valence-electron chi connectivity index (χ0n) is 13.8. The minimum Gasteiger partial charge on any atom is -0.409 e. The summed E-state index contributed by atoms with van der Waals surface area (Å²) in [5.74, 6) is 1.07. The Kier molecular flexibility index (Phi) is 5.26. The first-order valence-corrected chi connectivity index (χ1v) is 8.67. The molecular weight excluding hydrogens is 310 g/mol. The number of H-pyrrole nitrogens is 1. The third-order valence-electron chi connectivity index (χ3n) is 4.40. The second-order valence-corrected chi connectivity index (χ2v) is 6.30. The van der Waals surface area contributed by atoms with Crippen LogP contribution < -0.4 is 0 Å². The maximum absolute atomic E-state index is 6.11. The maximum Gasteiger partial charge on any atom is 0.136 e. The Bertz CT molecular complexity index is 691. The molecule has 0 aliphatic carbocycles. The smallest absolute Gasteiger partial charge is 0.136 e. The summed E-state index contributed by atoms with van der Waals surface area (Å²) < 4.78 is 0. The van der Waals surface area contributed by atoms with Gasteiger partial charge in [-0.15, -0.1) is 5.06 Å². The van der Waals surface area contributed by atoms with Gasteiger partial charge in [-0.3, -0.25) is 4.90 Å². The van der Waals surface area contributed by atoms with E-state index in [1.54, 1.807) is 0 Å². The van der Waals surface area contributed by atoms with Gasteiger partial charge in [0.2, 0.25) is 0 Å². The van der Waals surface area contributed by atoms with E-state index in [1.165, 1.54) is 10.9 Å². The summed E-state index contributed by atoms with van der Waals surface area (Å²) in [4.78, 5) is 11.6. The average molecular weight is 334 g/mol. The molecule has 1 aliphatic heterocycles. The van der Waals surface area contributed by atoms with Crippen molar-refractivity contribution in [2.75, 3.05) is 32.7 Å². The number of fused-ring (bicyclic) bond motifs is 1. The molecule has 1 aromatic heterocycles. The minimum atomic E-state index is 0.777. The summed E-state index contributed by atoms with van der Waals surface area (Å²) in [6.07, 6.45) is 5.19. The molecule has 4 nitrogen and oxygen atoms in total. The van der Waals surface area contributed by atoms with Gasteiger partial charge in [-0.25, -0.2) is 0 Å². The number of hydroxylamine groups is 2. The Labute approximate surface area is 142 Å². The van der Waals surface area contributed by atoms with Gasteiger partial charge in [-0.2, -0.15) is 0 Å². The number of likely N-dealkylation sites (N-methyl/N-ethyl adjacent to an activating group) is 1. The highest BCUT2D eigenvalue weighted by atomic mass is 35.5. The van der Waals surface area contributed by atoms with Crippen LogP contribution in [0.3, 0.4) is 0 Å². The van der Waals surface area contributed by atoms with Crippen LogP contribution in [-0.4, -0.2) is 47.7 Å². The second kappa shape index (κ2) is 7.39. The molecule has 0 spiro atoms. The molecule has 2 heterocycles. The molecule has 0 fully saturated rings. The van der Waals surface area contributed by atoms with Gasteiger partial charge >= 0.3 is 0 Å². The molecule has 1 N–H and O–H groups in total. The number of nitrogens with zero attached hydrogens (tertiary/aromatic N) is 2. The number of benzene rings is 1. The third-order valence-corrected chi connectivity index (χ3v) is 4.64. The molecule has 0 amide bonds. The van der Waals surface area contributed by atoms with Gasteiger partial charge in [0.05, 0.1) is 13.1 Å². The molecule has 0 unspecified atom stereocenters. The predicted octanol–water partition coefficient (Wildman–Crippen LogP) is 3.84. The van der Waals surface area contributed by atoms with Crippen LogP contribution in [0.1, 0.15) is 19.4 Å². The molecule has 0 atom stereocenters. The number of aromatic nitrogens is 1. The fourth-order valence-electron chi connectivity index (χ4n) is 2.94. The van der Waals surface area contributed by atoms with Gasteiger partial charge in [0.25, 0.3) is 0 Å². The maximum atomic E-state index is 6.11. The van der Waals surface area contributed by atoms with Crippen molar-refractivity contribution in [3.63, 3.8) is 0 Å². The van der Waals surface area contributed by atoms with Crippen molar-refractivity contribution in [2.24, 2.45) is 0 Å². The van der Waals surface area contributed by atoms with Gasteiger partial charge in [0.15, 0.2) is 0 Å². The number of hydrogen-bond donors (Lipinski definition) is 1. The molecule has 0 bridgehead atoms. The van der Waals surface area contributed by atoms with E-state index in [0.717, 1.165) is 55.4 Å². The number of halogens is 1. The van der Waals surface area contributed by atoms with E-state index >= 15 is 0 Å². The van der Waals surface area contributed by atoms with Gasteiger partial charge in [0.1, 0.15) is 5.76 Å². The molecule has 5 heteroatoms. The quantitative estimate of drug-likeness (QED) is 0.835. The lowest BCUT2D eigenvalue weighted by Gasteiger charge is -2.21. The Morgan fingerprint density at radius 3 is 2.91 bits per heavy atom. The topological polar surface area (TPSA) is 31.5 Å². The minimum absolute atomic E-state index is 0.777. The van der Waals surface area contributed by atoms with Crippen molar-refractivity contribution in [1.82, 2.24) is 14.9 Å². The lowest BCUT2D eigenvalue weighted by molar-refractivity contribution is -0.0946. The summed E-state index contributed by atoms with van der Waals surface area (Å²) in [5.41, 5.74) is 2.41. The zero-order valence-corrected chi connectivity index (χ0v) is 14.6. The van der Waals surface area contributed by atoms with E-state index in [-0.39, 0.29) is 0 Å². The van der Waals surface area contributed by atoms with Crippen molar-refractivity contribution in [1.29, 1.82) is 0 Å². The van der Waals surface area contributed by atoms with Crippen LogP contribution in [0, 0.1) is 0 Å². The highest BCUT2D eigenvalue weighted by Gasteiger charge is 2.17. The number of aromatic amines is 1. The van der Waals surface area contributed by atoms with E-state index < -0.39 is 0 Å². The van der Waals surface area contributed by atoms with Crippen LogP contribution in [0.25, 0.3) is 10.9 Å². The zero-order chi connectivity index (χ0) is 16.2. The molecule has 124 valence electrons. The molecule has 0 saturated heterocycles. The van der Waals surface area contributed by atoms with Crippen LogP contribution in [0.5, 0.6) is 0 Å². The monoisotopic (exact) mass is 333 g/mol. The van der Waals surface area contributed by atoms with Crippen LogP contribution in [0.4, 0.5) is 0 Å². The Morgan fingerprint density at radius 1 is 1.30 bits per heavy atom. The summed E-state index contributed by atoms with van der Waals surface area (Å²) in [5, 5.41) is 4.01. The number of hydrogen-bond acceptors (Lipinski definition) is 3. The first-order valence-electron chi connectivity index (χ1n) is 8.29. The fraction of sp³-hybridized carbons (Fsp3) is 0.444. The van der Waals surface area contributed by atoms with Crippen LogP contribution in [0.15, 0.2) is 36.2 Å². The van der Waals surface area contributed by atoms with Crippen molar-refractivity contribution in [3.05, 3.63) is 46.8 Å². The summed E-state index contributed by atoms with van der Waals surface area (Å²) in [6.45, 7) is 9.09. The van der Waals surface area contributed by atoms with Crippen LogP contribution >= 0.6 is 11.6 Å². The lowest BCUT2D eigenvalue weighted by Crippen LogP contribution is -2.27. The molecule has 1 aliphatic rings. The van der Waals surface area contributed by atoms with Crippen molar-refractivity contribution in [2.45, 2.75) is 20.3 Å². The molecule has 23 heavy (non-hydrogen) atoms. The Hall–Kier alpha value is -1.49. The Morgan fingerprint density at radius 2 is 2.13 bits per heavy atom. The molecular formula is C18H24ClN3O. The first-order chi connectivity index (χ1) is 11.2. The van der Waals surface area contributed by atoms with E-state index in [4.69, 9.17) is 16.4 Å². The van der Waals surface area contributed by atoms with Crippen molar-refractivity contribution >= 4 is 22.5 Å². The van der Waals surface area contributed by atoms with Gasteiger partial charge in [-0.1, -0.05) is 25.4 Å². The predicted molar refractivity (Wildman–Crippen MR) is 95.5 cm³/mol. The lowest BCUT2D eigenvalue weighted by atomic mass is 10.1. The molecule has 3 rings (SSSR count). The van der Waals surface area contributed by atoms with Crippen LogP contribution in [0.2, 0.25) is 5.02 Å². The fourth-order valence-corrected chi connectivity index (χ4v) is 3.12. The highest BCUT2D eigenvalue weighted by molar-refractivity contribution is 6.31. The largest absolute Gasteiger partial charge is 0.409 e. The first kappa shape index (κ1) is 16.4. The van der Waals surface area contributed by atoms with Gasteiger partial charge in [0, 0.05) is 28.7 Å². The summed E-state index contributed by atoms with van der Waals surface area (Å²) >= 11 is 6.11. The van der Waals surface area contributed by atoms with E-state index in [0.29, 0.717) is 0 Å². The standard InChI is InChI=1S/C18H24ClN3O/c1-3-21(4-2)13-16-8-10-22(23-16)9-7-14-12-20-18-6-5-15(19)11-17(14)18/h5-6,8,11-12,20H,3-4,7,9-10,13H2,1-2H3. The molecule has 0 radical (unpaired) electrons. The van der Waals surface area contributed by atoms with E-state index in [9.17, 15) is 0 Å². The van der Waals surface area contributed by atoms with E-state index in [2.05, 4.69) is 36.0 Å². The molecule has 2 aromatic rings.